The molecule has 0 radical (unpaired) electrons. The Bertz CT molecular complexity index is 1180. The van der Waals surface area contributed by atoms with Gasteiger partial charge in [0, 0.05) is 18.3 Å². The molecule has 4 aromatic rings. The lowest BCUT2D eigenvalue weighted by atomic mass is 9.99. The van der Waals surface area contributed by atoms with E-state index in [0.717, 1.165) is 11.4 Å². The van der Waals surface area contributed by atoms with Crippen molar-refractivity contribution in [3.05, 3.63) is 66.4 Å². The third-order valence-corrected chi connectivity index (χ3v) is 5.27. The summed E-state index contributed by atoms with van der Waals surface area (Å²) in [5.74, 6) is 1.60. The topological polar surface area (TPSA) is 81.2 Å². The second-order valence-corrected chi connectivity index (χ2v) is 7.51. The summed E-state index contributed by atoms with van der Waals surface area (Å²) in [4.78, 5) is 24.5. The van der Waals surface area contributed by atoms with Gasteiger partial charge in [-0.2, -0.15) is 10.2 Å². The largest absolute Gasteiger partial charge is 0.325 e. The second-order valence-electron chi connectivity index (χ2n) is 7.51. The molecule has 0 aliphatic carbocycles. The highest BCUT2D eigenvalue weighted by atomic mass is 16.2. The highest BCUT2D eigenvalue weighted by molar-refractivity contribution is 5.93. The minimum Gasteiger partial charge on any atom is -0.325 e. The number of hydrogen-bond acceptors (Lipinski definition) is 5. The molecule has 1 aromatic carbocycles. The summed E-state index contributed by atoms with van der Waals surface area (Å²) in [7, 11) is 0. The van der Waals surface area contributed by atoms with Crippen LogP contribution in [0.25, 0.3) is 17.0 Å². The number of rotatable bonds is 3. The Morgan fingerprint density at radius 1 is 1.10 bits per heavy atom. The molecule has 1 aliphatic rings. The Morgan fingerprint density at radius 3 is 2.72 bits per heavy atom. The summed E-state index contributed by atoms with van der Waals surface area (Å²) in [5, 5.41) is 8.99. The Balaban J connectivity index is 1.54. The van der Waals surface area contributed by atoms with Crippen LogP contribution in [0.3, 0.4) is 0 Å². The molecule has 0 fully saturated rings. The van der Waals surface area contributed by atoms with Crippen molar-refractivity contribution in [3.8, 4) is 11.4 Å². The van der Waals surface area contributed by atoms with E-state index in [2.05, 4.69) is 23.9 Å². The van der Waals surface area contributed by atoms with Crippen LogP contribution in [-0.4, -0.2) is 46.7 Å². The normalized spacial score (nSPS) is 16.4. The fraction of sp³-hybridized carbons (Fsp3) is 0.286. The van der Waals surface area contributed by atoms with Gasteiger partial charge in [0.2, 0.25) is 0 Å². The van der Waals surface area contributed by atoms with E-state index < -0.39 is 0 Å². The monoisotopic (exact) mass is 387 g/mol. The van der Waals surface area contributed by atoms with Gasteiger partial charge in [-0.3, -0.25) is 4.79 Å². The van der Waals surface area contributed by atoms with Crippen molar-refractivity contribution in [3.63, 3.8) is 0 Å². The quantitative estimate of drug-likeness (QED) is 0.540. The Hall–Kier alpha value is -3.55. The maximum atomic E-state index is 13.4. The minimum atomic E-state index is -0.171. The Morgan fingerprint density at radius 2 is 1.93 bits per heavy atom. The molecule has 8 nitrogen and oxygen atoms in total. The van der Waals surface area contributed by atoms with Gasteiger partial charge in [-0.15, -0.1) is 0 Å². The van der Waals surface area contributed by atoms with Gasteiger partial charge in [-0.05, 0) is 18.1 Å². The number of nitrogens with zero attached hydrogens (tertiary/aromatic N) is 7. The van der Waals surface area contributed by atoms with Gasteiger partial charge in [0.05, 0.1) is 18.8 Å². The molecule has 0 saturated heterocycles. The van der Waals surface area contributed by atoms with Crippen molar-refractivity contribution in [2.45, 2.75) is 26.4 Å². The average Bonchev–Trinajstić information content (AvgIpc) is 3.37. The number of aromatic nitrogens is 6. The summed E-state index contributed by atoms with van der Waals surface area (Å²) < 4.78 is 3.53. The molecule has 5 rings (SSSR count). The van der Waals surface area contributed by atoms with E-state index in [9.17, 15) is 4.79 Å². The number of hydrogen-bond donors (Lipinski definition) is 0. The lowest BCUT2D eigenvalue weighted by Crippen LogP contribution is -2.45. The van der Waals surface area contributed by atoms with Crippen LogP contribution in [0.5, 0.6) is 0 Å². The highest BCUT2D eigenvalue weighted by Crippen LogP contribution is 2.33. The zero-order valence-corrected chi connectivity index (χ0v) is 16.3. The molecule has 0 unspecified atom stereocenters. The van der Waals surface area contributed by atoms with Crippen LogP contribution in [0.1, 0.15) is 36.2 Å². The number of carbonyl (C=O) groups is 1. The van der Waals surface area contributed by atoms with Gasteiger partial charge in [0.15, 0.2) is 23.0 Å². The standard InChI is InChI=1S/C21H21N7O/c1-14(2)18-20-24-19(15-7-4-3-5-8-15)25-27(20)12-11-26(18)21(29)16-13-22-17-9-6-10-23-28(16)17/h3-10,13-14,18H,11-12H2,1-2H3/t18-/m0/s1. The molecule has 1 aliphatic heterocycles. The van der Waals surface area contributed by atoms with E-state index in [1.807, 2.05) is 52.0 Å². The Labute approximate surface area is 167 Å². The lowest BCUT2D eigenvalue weighted by molar-refractivity contribution is 0.0528. The van der Waals surface area contributed by atoms with E-state index >= 15 is 0 Å². The predicted molar refractivity (Wildman–Crippen MR) is 107 cm³/mol. The molecule has 0 bridgehead atoms. The predicted octanol–water partition coefficient (Wildman–Crippen LogP) is 2.84. The van der Waals surface area contributed by atoms with Crippen molar-refractivity contribution in [1.82, 2.24) is 34.3 Å². The molecule has 8 heteroatoms. The highest BCUT2D eigenvalue weighted by Gasteiger charge is 2.37. The van der Waals surface area contributed by atoms with Gasteiger partial charge in [0.25, 0.3) is 5.91 Å². The molecular weight excluding hydrogens is 366 g/mol. The van der Waals surface area contributed by atoms with Gasteiger partial charge >= 0.3 is 0 Å². The summed E-state index contributed by atoms with van der Waals surface area (Å²) in [5.41, 5.74) is 2.09. The van der Waals surface area contributed by atoms with Crippen LogP contribution >= 0.6 is 0 Å². The van der Waals surface area contributed by atoms with Crippen LogP contribution < -0.4 is 0 Å². The van der Waals surface area contributed by atoms with Crippen LogP contribution in [-0.2, 0) is 6.54 Å². The fourth-order valence-corrected chi connectivity index (χ4v) is 3.94. The molecule has 1 amide bonds. The smallest absolute Gasteiger partial charge is 0.274 e. The summed E-state index contributed by atoms with van der Waals surface area (Å²) >= 11 is 0. The van der Waals surface area contributed by atoms with Crippen LogP contribution in [0.4, 0.5) is 0 Å². The maximum Gasteiger partial charge on any atom is 0.274 e. The molecule has 0 spiro atoms. The van der Waals surface area contributed by atoms with E-state index in [1.165, 1.54) is 0 Å². The zero-order valence-electron chi connectivity index (χ0n) is 16.3. The Kier molecular flexibility index (Phi) is 4.12. The first-order valence-electron chi connectivity index (χ1n) is 9.73. The van der Waals surface area contributed by atoms with Crippen molar-refractivity contribution in [1.29, 1.82) is 0 Å². The van der Waals surface area contributed by atoms with E-state index in [-0.39, 0.29) is 17.9 Å². The van der Waals surface area contributed by atoms with Crippen molar-refractivity contribution in [2.75, 3.05) is 6.54 Å². The molecule has 4 heterocycles. The number of fused-ring (bicyclic) bond motifs is 2. The van der Waals surface area contributed by atoms with Crippen molar-refractivity contribution in [2.24, 2.45) is 5.92 Å². The van der Waals surface area contributed by atoms with Crippen LogP contribution in [0.2, 0.25) is 0 Å². The van der Waals surface area contributed by atoms with Gasteiger partial charge in [-0.1, -0.05) is 44.2 Å². The molecule has 3 aromatic heterocycles. The molecule has 0 saturated carbocycles. The average molecular weight is 387 g/mol. The number of amides is 1. The van der Waals surface area contributed by atoms with Gasteiger partial charge in [-0.25, -0.2) is 19.2 Å². The molecule has 1 atom stereocenters. The maximum absolute atomic E-state index is 13.4. The first-order valence-corrected chi connectivity index (χ1v) is 9.73. The number of carbonyl (C=O) groups excluding carboxylic acids is 1. The SMILES string of the molecule is CC(C)[C@H]1c2nc(-c3ccccc3)nn2CCN1C(=O)c1cnc2cccnn12. The van der Waals surface area contributed by atoms with E-state index in [4.69, 9.17) is 10.1 Å². The van der Waals surface area contributed by atoms with Crippen LogP contribution in [0.15, 0.2) is 54.9 Å². The minimum absolute atomic E-state index is 0.0922. The summed E-state index contributed by atoms with van der Waals surface area (Å²) in [6, 6.07) is 13.4. The lowest BCUT2D eigenvalue weighted by Gasteiger charge is -2.37. The number of benzene rings is 1. The van der Waals surface area contributed by atoms with E-state index in [0.29, 0.717) is 30.3 Å². The van der Waals surface area contributed by atoms with E-state index in [1.54, 1.807) is 16.9 Å². The van der Waals surface area contributed by atoms with Gasteiger partial charge in [0.1, 0.15) is 0 Å². The first kappa shape index (κ1) is 17.5. The second kappa shape index (κ2) is 6.80. The van der Waals surface area contributed by atoms with Crippen LogP contribution in [0, 0.1) is 5.92 Å². The number of imidazole rings is 1. The summed E-state index contributed by atoms with van der Waals surface area (Å²) in [6.07, 6.45) is 3.25. The summed E-state index contributed by atoms with van der Waals surface area (Å²) in [6.45, 7) is 5.37. The molecule has 29 heavy (non-hydrogen) atoms. The van der Waals surface area contributed by atoms with Gasteiger partial charge < -0.3 is 4.90 Å². The molecule has 146 valence electrons. The first-order chi connectivity index (χ1) is 14.1. The molecule has 0 N–H and O–H groups in total. The molecular formula is C21H21N7O. The van der Waals surface area contributed by atoms with Crippen molar-refractivity contribution < 1.29 is 4.79 Å². The zero-order chi connectivity index (χ0) is 20.0. The van der Waals surface area contributed by atoms with Crippen molar-refractivity contribution >= 4 is 11.6 Å². The third-order valence-electron chi connectivity index (χ3n) is 5.27. The fourth-order valence-electron chi connectivity index (χ4n) is 3.94. The third kappa shape index (κ3) is 2.88.